The number of carbonyl (C=O) groups excluding carboxylic acids is 1. The van der Waals surface area contributed by atoms with Crippen LogP contribution in [0.2, 0.25) is 5.02 Å². The van der Waals surface area contributed by atoms with Crippen LogP contribution >= 0.6 is 23.4 Å². The van der Waals surface area contributed by atoms with Gasteiger partial charge in [-0.25, -0.2) is 0 Å². The van der Waals surface area contributed by atoms with Gasteiger partial charge < -0.3 is 14.6 Å². The molecule has 0 aliphatic rings. The first-order valence-corrected chi connectivity index (χ1v) is 10.3. The fourth-order valence-electron chi connectivity index (χ4n) is 2.60. The average molecular weight is 429 g/mol. The van der Waals surface area contributed by atoms with Crippen LogP contribution in [0.25, 0.3) is 0 Å². The number of halogens is 1. The Bertz CT molecular complexity index is 971. The molecule has 0 saturated carbocycles. The summed E-state index contributed by atoms with van der Waals surface area (Å²) in [7, 11) is 1.59. The minimum Gasteiger partial charge on any atom is -0.497 e. The molecule has 0 aliphatic heterocycles. The van der Waals surface area contributed by atoms with Gasteiger partial charge in [-0.1, -0.05) is 41.6 Å². The SMILES string of the molecule is C=CCn1c(CNC(=O)c2ccc(OC)cc2)nnc1SCc1ccc(Cl)cc1. The standard InChI is InChI=1S/C21H21ClN4O2S/c1-3-12-26-19(13-23-20(27)16-6-10-18(28-2)11-7-16)24-25-21(26)29-14-15-4-8-17(22)9-5-15/h3-11H,1,12-14H2,2H3,(H,23,27). The van der Waals surface area contributed by atoms with E-state index in [9.17, 15) is 4.79 Å². The van der Waals surface area contributed by atoms with E-state index in [2.05, 4.69) is 22.1 Å². The van der Waals surface area contributed by atoms with Crippen LogP contribution in [-0.2, 0) is 18.8 Å². The highest BCUT2D eigenvalue weighted by Gasteiger charge is 2.14. The van der Waals surface area contributed by atoms with Gasteiger partial charge in [0.15, 0.2) is 11.0 Å². The molecule has 2 aromatic carbocycles. The van der Waals surface area contributed by atoms with Crippen molar-refractivity contribution in [3.63, 3.8) is 0 Å². The summed E-state index contributed by atoms with van der Waals surface area (Å²) in [6.45, 7) is 4.64. The van der Waals surface area contributed by atoms with E-state index in [0.29, 0.717) is 28.7 Å². The maximum atomic E-state index is 12.4. The van der Waals surface area contributed by atoms with E-state index >= 15 is 0 Å². The van der Waals surface area contributed by atoms with Crippen molar-refractivity contribution in [2.45, 2.75) is 24.0 Å². The summed E-state index contributed by atoms with van der Waals surface area (Å²) in [5, 5.41) is 12.9. The summed E-state index contributed by atoms with van der Waals surface area (Å²) < 4.78 is 7.06. The van der Waals surface area contributed by atoms with E-state index in [1.54, 1.807) is 49.2 Å². The molecule has 3 rings (SSSR count). The van der Waals surface area contributed by atoms with Gasteiger partial charge >= 0.3 is 0 Å². The summed E-state index contributed by atoms with van der Waals surface area (Å²) in [6, 6.07) is 14.6. The van der Waals surface area contributed by atoms with Crippen molar-refractivity contribution in [2.24, 2.45) is 0 Å². The molecule has 0 saturated heterocycles. The monoisotopic (exact) mass is 428 g/mol. The van der Waals surface area contributed by atoms with Crippen LogP contribution in [0.4, 0.5) is 0 Å². The van der Waals surface area contributed by atoms with E-state index in [1.807, 2.05) is 28.8 Å². The zero-order valence-electron chi connectivity index (χ0n) is 16.0. The topological polar surface area (TPSA) is 69.0 Å². The number of allylic oxidation sites excluding steroid dienone is 1. The first-order valence-electron chi connectivity index (χ1n) is 8.93. The first-order chi connectivity index (χ1) is 14.1. The number of nitrogens with zero attached hydrogens (tertiary/aromatic N) is 3. The van der Waals surface area contributed by atoms with Crippen LogP contribution in [0.5, 0.6) is 5.75 Å². The molecular formula is C21H21ClN4O2S. The molecule has 150 valence electrons. The number of benzene rings is 2. The third kappa shape index (κ3) is 5.62. The predicted molar refractivity (Wildman–Crippen MR) is 115 cm³/mol. The molecule has 8 heteroatoms. The van der Waals surface area contributed by atoms with Crippen molar-refractivity contribution in [1.82, 2.24) is 20.1 Å². The van der Waals surface area contributed by atoms with E-state index in [-0.39, 0.29) is 12.5 Å². The normalized spacial score (nSPS) is 10.6. The van der Waals surface area contributed by atoms with Crippen LogP contribution in [0.1, 0.15) is 21.7 Å². The Balaban J connectivity index is 1.64. The van der Waals surface area contributed by atoms with E-state index < -0.39 is 0 Å². The summed E-state index contributed by atoms with van der Waals surface area (Å²) in [6.07, 6.45) is 1.78. The number of amides is 1. The minimum absolute atomic E-state index is 0.184. The number of hydrogen-bond donors (Lipinski definition) is 1. The number of nitrogens with one attached hydrogen (secondary N) is 1. The van der Waals surface area contributed by atoms with Gasteiger partial charge in [0.25, 0.3) is 5.91 Å². The fourth-order valence-corrected chi connectivity index (χ4v) is 3.65. The Kier molecular flexibility index (Phi) is 7.32. The molecule has 0 atom stereocenters. The average Bonchev–Trinajstić information content (AvgIpc) is 3.13. The van der Waals surface area contributed by atoms with Crippen molar-refractivity contribution in [1.29, 1.82) is 0 Å². The van der Waals surface area contributed by atoms with Gasteiger partial charge in [-0.05, 0) is 42.0 Å². The molecule has 1 amide bonds. The second kappa shape index (κ2) is 10.1. The molecular weight excluding hydrogens is 408 g/mol. The Morgan fingerprint density at radius 2 is 1.93 bits per heavy atom. The molecule has 6 nitrogen and oxygen atoms in total. The molecule has 3 aromatic rings. The summed E-state index contributed by atoms with van der Waals surface area (Å²) >= 11 is 7.51. The van der Waals surface area contributed by atoms with Gasteiger partial charge in [-0.3, -0.25) is 4.79 Å². The second-order valence-electron chi connectivity index (χ2n) is 6.12. The Labute approximate surface area is 178 Å². The number of methoxy groups -OCH3 is 1. The van der Waals surface area contributed by atoms with Crippen LogP contribution in [0, 0.1) is 0 Å². The third-order valence-electron chi connectivity index (χ3n) is 4.15. The lowest BCUT2D eigenvalue weighted by atomic mass is 10.2. The molecule has 0 fully saturated rings. The molecule has 1 aromatic heterocycles. The maximum Gasteiger partial charge on any atom is 0.251 e. The summed E-state index contributed by atoms with van der Waals surface area (Å²) in [5.41, 5.74) is 1.69. The number of aromatic nitrogens is 3. The first kappa shape index (κ1) is 21.0. The molecule has 29 heavy (non-hydrogen) atoms. The van der Waals surface area contributed by atoms with Crippen LogP contribution in [0.3, 0.4) is 0 Å². The van der Waals surface area contributed by atoms with Gasteiger partial charge in [0.05, 0.1) is 13.7 Å². The Hall–Kier alpha value is -2.77. The Morgan fingerprint density at radius 3 is 2.59 bits per heavy atom. The van der Waals surface area contributed by atoms with Gasteiger partial charge in [0, 0.05) is 22.9 Å². The van der Waals surface area contributed by atoms with Gasteiger partial charge in [0.1, 0.15) is 5.75 Å². The number of ether oxygens (including phenoxy) is 1. The number of carbonyl (C=O) groups is 1. The molecule has 0 bridgehead atoms. The second-order valence-corrected chi connectivity index (χ2v) is 7.50. The molecule has 0 unspecified atom stereocenters. The molecule has 1 heterocycles. The predicted octanol–water partition coefficient (Wildman–Crippen LogP) is 4.35. The third-order valence-corrected chi connectivity index (χ3v) is 5.44. The molecule has 0 radical (unpaired) electrons. The van der Waals surface area contributed by atoms with Crippen molar-refractivity contribution in [3.8, 4) is 5.75 Å². The zero-order chi connectivity index (χ0) is 20.6. The lowest BCUT2D eigenvalue weighted by Gasteiger charge is -2.09. The van der Waals surface area contributed by atoms with Crippen LogP contribution in [0.15, 0.2) is 66.3 Å². The van der Waals surface area contributed by atoms with Crippen molar-refractivity contribution in [2.75, 3.05) is 7.11 Å². The van der Waals surface area contributed by atoms with Crippen molar-refractivity contribution < 1.29 is 9.53 Å². The maximum absolute atomic E-state index is 12.4. The van der Waals surface area contributed by atoms with E-state index in [0.717, 1.165) is 16.5 Å². The fraction of sp³-hybridized carbons (Fsp3) is 0.190. The Morgan fingerprint density at radius 1 is 1.21 bits per heavy atom. The lowest BCUT2D eigenvalue weighted by molar-refractivity contribution is 0.0949. The largest absolute Gasteiger partial charge is 0.497 e. The highest BCUT2D eigenvalue weighted by molar-refractivity contribution is 7.98. The highest BCUT2D eigenvalue weighted by atomic mass is 35.5. The summed E-state index contributed by atoms with van der Waals surface area (Å²) in [4.78, 5) is 12.4. The quantitative estimate of drug-likeness (QED) is 0.405. The zero-order valence-corrected chi connectivity index (χ0v) is 17.5. The van der Waals surface area contributed by atoms with E-state index in [1.165, 1.54) is 0 Å². The lowest BCUT2D eigenvalue weighted by Crippen LogP contribution is -2.24. The highest BCUT2D eigenvalue weighted by Crippen LogP contribution is 2.23. The van der Waals surface area contributed by atoms with Crippen molar-refractivity contribution in [3.05, 3.63) is 83.2 Å². The van der Waals surface area contributed by atoms with E-state index in [4.69, 9.17) is 16.3 Å². The van der Waals surface area contributed by atoms with Gasteiger partial charge in [-0.2, -0.15) is 0 Å². The smallest absolute Gasteiger partial charge is 0.251 e. The van der Waals surface area contributed by atoms with Crippen molar-refractivity contribution >= 4 is 29.3 Å². The van der Waals surface area contributed by atoms with Gasteiger partial charge in [-0.15, -0.1) is 16.8 Å². The minimum atomic E-state index is -0.184. The number of thioether (sulfide) groups is 1. The molecule has 1 N–H and O–H groups in total. The van der Waals surface area contributed by atoms with Crippen LogP contribution < -0.4 is 10.1 Å². The van der Waals surface area contributed by atoms with Crippen LogP contribution in [-0.4, -0.2) is 27.8 Å². The summed E-state index contributed by atoms with van der Waals surface area (Å²) in [5.74, 6) is 1.93. The molecule has 0 spiro atoms. The number of rotatable bonds is 9. The van der Waals surface area contributed by atoms with Gasteiger partial charge in [0.2, 0.25) is 0 Å². The number of hydrogen-bond acceptors (Lipinski definition) is 5. The molecule has 0 aliphatic carbocycles.